The number of likely N-dealkylation sites (N-methyl/N-ethyl adjacent to an activating group) is 1. The van der Waals surface area contributed by atoms with Crippen LogP contribution in [-0.2, 0) is 26.2 Å². The molecular weight excluding hydrogens is 586 g/mol. The second kappa shape index (κ2) is 13.3. The van der Waals surface area contributed by atoms with E-state index >= 15 is 0 Å². The van der Waals surface area contributed by atoms with E-state index in [-0.39, 0.29) is 17.3 Å². The third kappa shape index (κ3) is 7.39. The molecule has 0 radical (unpaired) electrons. The number of sulfonamides is 1. The number of nitrogens with zero attached hydrogens (tertiary/aromatic N) is 2. The highest BCUT2D eigenvalue weighted by atomic mass is 79.9. The van der Waals surface area contributed by atoms with Crippen LogP contribution in [0.4, 0.5) is 5.69 Å². The smallest absolute Gasteiger partial charge is 0.264 e. The summed E-state index contributed by atoms with van der Waals surface area (Å²) in [5.74, 6) is -0.799. The first-order valence-electron chi connectivity index (χ1n) is 12.1. The van der Waals surface area contributed by atoms with Gasteiger partial charge in [0.1, 0.15) is 12.6 Å². The van der Waals surface area contributed by atoms with Crippen molar-refractivity contribution in [2.24, 2.45) is 0 Å². The van der Waals surface area contributed by atoms with E-state index in [1.54, 1.807) is 62.4 Å². The van der Waals surface area contributed by atoms with E-state index < -0.39 is 28.5 Å². The van der Waals surface area contributed by atoms with Gasteiger partial charge in [0.15, 0.2) is 0 Å². The Labute approximate surface area is 237 Å². The molecule has 0 aliphatic heterocycles. The van der Waals surface area contributed by atoms with Crippen LogP contribution in [0.2, 0.25) is 0 Å². The summed E-state index contributed by atoms with van der Waals surface area (Å²) >= 11 is 4.92. The summed E-state index contributed by atoms with van der Waals surface area (Å²) in [6.45, 7) is 5.46. The Morgan fingerprint density at radius 1 is 0.974 bits per heavy atom. The molecule has 1 N–H and O–H groups in total. The van der Waals surface area contributed by atoms with Crippen LogP contribution in [0.5, 0.6) is 0 Å². The van der Waals surface area contributed by atoms with Gasteiger partial charge >= 0.3 is 0 Å². The maximum atomic E-state index is 13.8. The van der Waals surface area contributed by atoms with E-state index in [4.69, 9.17) is 0 Å². The molecule has 2 amide bonds. The Balaban J connectivity index is 2.01. The molecule has 0 aromatic heterocycles. The van der Waals surface area contributed by atoms with Crippen LogP contribution in [0.1, 0.15) is 25.0 Å². The van der Waals surface area contributed by atoms with Crippen molar-refractivity contribution in [3.8, 4) is 0 Å². The molecule has 38 heavy (non-hydrogen) atoms. The Morgan fingerprint density at radius 3 is 2.13 bits per heavy atom. The molecule has 3 aromatic rings. The number of benzene rings is 3. The number of anilines is 1. The molecule has 0 aliphatic carbocycles. The van der Waals surface area contributed by atoms with E-state index in [2.05, 4.69) is 21.2 Å². The number of aryl methyl sites for hydroxylation is 1. The Bertz CT molecular complexity index is 1350. The molecule has 10 heteroatoms. The molecule has 7 nitrogen and oxygen atoms in total. The summed E-state index contributed by atoms with van der Waals surface area (Å²) < 4.78 is 29.7. The number of rotatable bonds is 11. The highest BCUT2D eigenvalue weighted by molar-refractivity contribution is 9.10. The first kappa shape index (κ1) is 29.7. The van der Waals surface area contributed by atoms with E-state index in [0.717, 1.165) is 24.8 Å². The molecule has 0 bridgehead atoms. The van der Waals surface area contributed by atoms with Gasteiger partial charge < -0.3 is 10.2 Å². The summed E-state index contributed by atoms with van der Waals surface area (Å²) in [5.41, 5.74) is 2.14. The number of hydrogen-bond acceptors (Lipinski definition) is 5. The minimum absolute atomic E-state index is 0.0832. The largest absolute Gasteiger partial charge is 0.355 e. The minimum atomic E-state index is -4.09. The van der Waals surface area contributed by atoms with Gasteiger partial charge in [0, 0.05) is 22.5 Å². The lowest BCUT2D eigenvalue weighted by atomic mass is 10.1. The summed E-state index contributed by atoms with van der Waals surface area (Å²) in [5, 5.41) is 2.76. The van der Waals surface area contributed by atoms with Crippen molar-refractivity contribution in [2.45, 2.75) is 43.1 Å². The normalized spacial score (nSPS) is 12.0. The van der Waals surface area contributed by atoms with Gasteiger partial charge in [0.2, 0.25) is 11.8 Å². The zero-order valence-electron chi connectivity index (χ0n) is 21.8. The Kier molecular flexibility index (Phi) is 10.4. The predicted molar refractivity (Wildman–Crippen MR) is 157 cm³/mol. The van der Waals surface area contributed by atoms with Crippen LogP contribution in [0.15, 0.2) is 87.1 Å². The zero-order chi connectivity index (χ0) is 27.9. The number of hydrogen-bond donors (Lipinski definition) is 1. The third-order valence-electron chi connectivity index (χ3n) is 6.03. The highest BCUT2D eigenvalue weighted by Crippen LogP contribution is 2.26. The van der Waals surface area contributed by atoms with Gasteiger partial charge in [-0.05, 0) is 81.1 Å². The lowest BCUT2D eigenvalue weighted by Gasteiger charge is -2.32. The second-order valence-corrected chi connectivity index (χ2v) is 12.4. The van der Waals surface area contributed by atoms with Gasteiger partial charge in [0.25, 0.3) is 10.0 Å². The zero-order valence-corrected chi connectivity index (χ0v) is 25.1. The van der Waals surface area contributed by atoms with Gasteiger partial charge in [-0.2, -0.15) is 0 Å². The molecule has 0 aliphatic rings. The monoisotopic (exact) mass is 617 g/mol. The summed E-state index contributed by atoms with van der Waals surface area (Å²) in [4.78, 5) is 29.0. The lowest BCUT2D eigenvalue weighted by molar-refractivity contribution is -0.139. The van der Waals surface area contributed by atoms with E-state index in [0.29, 0.717) is 12.2 Å². The minimum Gasteiger partial charge on any atom is -0.355 e. The Morgan fingerprint density at radius 2 is 1.58 bits per heavy atom. The van der Waals surface area contributed by atoms with Crippen molar-refractivity contribution in [3.63, 3.8) is 0 Å². The van der Waals surface area contributed by atoms with Crippen molar-refractivity contribution in [1.82, 2.24) is 10.2 Å². The molecule has 1 unspecified atom stereocenters. The standard InChI is InChI=1S/C28H32BrN3O4S2/c1-5-30-28(34)21(3)31(18-22-8-10-23(29)11-9-22)27(33)19-32(24-12-6-20(2)7-13-24)38(35,36)26-16-14-25(37-4)15-17-26/h6-17,21H,5,18-19H2,1-4H3,(H,30,34). The van der Waals surface area contributed by atoms with E-state index in [9.17, 15) is 18.0 Å². The van der Waals surface area contributed by atoms with Crippen LogP contribution in [0.25, 0.3) is 0 Å². The van der Waals surface area contributed by atoms with E-state index in [1.165, 1.54) is 16.7 Å². The Hall–Kier alpha value is -2.82. The molecule has 0 spiro atoms. The number of carbonyl (C=O) groups is 2. The van der Waals surface area contributed by atoms with Crippen LogP contribution in [0, 0.1) is 6.92 Å². The van der Waals surface area contributed by atoms with Gasteiger partial charge in [0.05, 0.1) is 10.6 Å². The van der Waals surface area contributed by atoms with Gasteiger partial charge in [-0.25, -0.2) is 8.42 Å². The van der Waals surface area contributed by atoms with Crippen molar-refractivity contribution < 1.29 is 18.0 Å². The SMILES string of the molecule is CCNC(=O)C(C)N(Cc1ccc(Br)cc1)C(=O)CN(c1ccc(C)cc1)S(=O)(=O)c1ccc(SC)cc1. The quantitative estimate of drug-likeness (QED) is 0.298. The van der Waals surface area contributed by atoms with Gasteiger partial charge in [-0.1, -0.05) is 45.8 Å². The fraction of sp³-hybridized carbons (Fsp3) is 0.286. The van der Waals surface area contributed by atoms with E-state index in [1.807, 2.05) is 37.4 Å². The number of halogens is 1. The van der Waals surface area contributed by atoms with Crippen LogP contribution >= 0.6 is 27.7 Å². The maximum Gasteiger partial charge on any atom is 0.264 e. The number of nitrogens with one attached hydrogen (secondary N) is 1. The topological polar surface area (TPSA) is 86.8 Å². The third-order valence-corrected chi connectivity index (χ3v) is 9.09. The van der Waals surface area contributed by atoms with Crippen LogP contribution in [-0.4, -0.2) is 50.5 Å². The fourth-order valence-corrected chi connectivity index (χ4v) is 5.89. The number of thioether (sulfide) groups is 1. The first-order chi connectivity index (χ1) is 18.1. The van der Waals surface area contributed by atoms with Crippen LogP contribution < -0.4 is 9.62 Å². The van der Waals surface area contributed by atoms with Crippen LogP contribution in [0.3, 0.4) is 0 Å². The van der Waals surface area contributed by atoms with Crippen molar-refractivity contribution in [3.05, 3.63) is 88.4 Å². The highest BCUT2D eigenvalue weighted by Gasteiger charge is 2.32. The van der Waals surface area contributed by atoms with Crippen molar-refractivity contribution in [2.75, 3.05) is 23.7 Å². The first-order valence-corrected chi connectivity index (χ1v) is 15.6. The average Bonchev–Trinajstić information content (AvgIpc) is 2.91. The summed E-state index contributed by atoms with van der Waals surface area (Å²) in [6, 6.07) is 20.2. The molecule has 202 valence electrons. The van der Waals surface area contributed by atoms with Gasteiger partial charge in [-0.3, -0.25) is 13.9 Å². The summed E-state index contributed by atoms with van der Waals surface area (Å²) in [6.07, 6.45) is 1.91. The second-order valence-electron chi connectivity index (χ2n) is 8.74. The lowest BCUT2D eigenvalue weighted by Crippen LogP contribution is -2.51. The predicted octanol–water partition coefficient (Wildman–Crippen LogP) is 5.23. The number of carbonyl (C=O) groups excluding carboxylic acids is 2. The molecule has 0 heterocycles. The fourth-order valence-electron chi connectivity index (χ4n) is 3.81. The number of amides is 2. The average molecular weight is 619 g/mol. The molecule has 3 aromatic carbocycles. The molecule has 0 saturated heterocycles. The summed E-state index contributed by atoms with van der Waals surface area (Å²) in [7, 11) is -4.09. The van der Waals surface area contributed by atoms with Crippen molar-refractivity contribution >= 4 is 55.2 Å². The maximum absolute atomic E-state index is 13.8. The molecule has 1 atom stereocenters. The van der Waals surface area contributed by atoms with Crippen molar-refractivity contribution in [1.29, 1.82) is 0 Å². The molecule has 0 fully saturated rings. The molecular formula is C28H32BrN3O4S2. The molecule has 3 rings (SSSR count). The molecule has 0 saturated carbocycles. The van der Waals surface area contributed by atoms with Gasteiger partial charge in [-0.15, -0.1) is 11.8 Å².